The number of allylic oxidation sites excluding steroid dienone is 1. The molecule has 1 atom stereocenters. The number of hydrogen-bond acceptors (Lipinski definition) is 5. The number of ether oxygens (including phenoxy) is 2. The minimum absolute atomic E-state index is 0.109. The second-order valence-corrected chi connectivity index (χ2v) is 6.61. The van der Waals surface area contributed by atoms with E-state index in [-0.39, 0.29) is 6.10 Å². The average molecular weight is 356 g/mol. The first-order chi connectivity index (χ1) is 12.8. The van der Waals surface area contributed by atoms with Crippen molar-refractivity contribution in [1.82, 2.24) is 19.4 Å². The van der Waals surface area contributed by atoms with Crippen LogP contribution in [0.3, 0.4) is 0 Å². The number of hydrogen-bond donors (Lipinski definition) is 0. The summed E-state index contributed by atoms with van der Waals surface area (Å²) in [6.07, 6.45) is 12.4. The van der Waals surface area contributed by atoms with E-state index in [2.05, 4.69) is 27.5 Å². The maximum Gasteiger partial charge on any atom is 0.213 e. The molecule has 0 N–H and O–H groups in total. The maximum absolute atomic E-state index is 6.19. The van der Waals surface area contributed by atoms with Crippen molar-refractivity contribution in [3.8, 4) is 5.88 Å². The van der Waals surface area contributed by atoms with Gasteiger partial charge in [0.1, 0.15) is 6.10 Å². The third kappa shape index (κ3) is 5.97. The van der Waals surface area contributed by atoms with Gasteiger partial charge in [-0.2, -0.15) is 0 Å². The van der Waals surface area contributed by atoms with Crippen LogP contribution in [-0.4, -0.2) is 58.4 Å². The SMILES string of the molecule is C=CCCC(CN1CCCOCC1)Oc1ccc(Cn2ccnc2)cn1. The number of imidazole rings is 1. The summed E-state index contributed by atoms with van der Waals surface area (Å²) < 4.78 is 13.8. The van der Waals surface area contributed by atoms with Crippen molar-refractivity contribution in [3.05, 3.63) is 55.3 Å². The monoisotopic (exact) mass is 356 g/mol. The summed E-state index contributed by atoms with van der Waals surface area (Å²) in [5.74, 6) is 0.680. The minimum Gasteiger partial charge on any atom is -0.473 e. The van der Waals surface area contributed by atoms with Crippen molar-refractivity contribution < 1.29 is 9.47 Å². The average Bonchev–Trinajstić information content (AvgIpc) is 3.03. The Labute approximate surface area is 155 Å². The summed E-state index contributed by atoms with van der Waals surface area (Å²) in [6.45, 7) is 9.18. The Hall–Kier alpha value is -2.18. The predicted octanol–water partition coefficient (Wildman–Crippen LogP) is 2.76. The van der Waals surface area contributed by atoms with E-state index in [0.29, 0.717) is 5.88 Å². The van der Waals surface area contributed by atoms with Crippen LogP contribution in [0.4, 0.5) is 0 Å². The molecular weight excluding hydrogens is 328 g/mol. The van der Waals surface area contributed by atoms with E-state index in [1.807, 2.05) is 29.1 Å². The summed E-state index contributed by atoms with van der Waals surface area (Å²) in [5, 5.41) is 0. The lowest BCUT2D eigenvalue weighted by molar-refractivity contribution is 0.109. The van der Waals surface area contributed by atoms with E-state index >= 15 is 0 Å². The van der Waals surface area contributed by atoms with Crippen LogP contribution in [0.1, 0.15) is 24.8 Å². The first kappa shape index (κ1) is 18.6. The van der Waals surface area contributed by atoms with Gasteiger partial charge in [0.15, 0.2) is 0 Å². The molecule has 1 saturated heterocycles. The fourth-order valence-corrected chi connectivity index (χ4v) is 3.10. The molecule has 3 heterocycles. The fourth-order valence-electron chi connectivity index (χ4n) is 3.10. The van der Waals surface area contributed by atoms with E-state index in [1.165, 1.54) is 0 Å². The van der Waals surface area contributed by atoms with E-state index < -0.39 is 0 Å². The van der Waals surface area contributed by atoms with Crippen LogP contribution < -0.4 is 4.74 Å². The van der Waals surface area contributed by atoms with Crippen molar-refractivity contribution in [3.63, 3.8) is 0 Å². The summed E-state index contributed by atoms with van der Waals surface area (Å²) in [5.41, 5.74) is 1.13. The highest BCUT2D eigenvalue weighted by atomic mass is 16.5. The topological polar surface area (TPSA) is 52.4 Å². The van der Waals surface area contributed by atoms with Crippen molar-refractivity contribution >= 4 is 0 Å². The fraction of sp³-hybridized carbons (Fsp3) is 0.500. The second-order valence-electron chi connectivity index (χ2n) is 6.61. The molecule has 6 heteroatoms. The standard InChI is InChI=1S/C20H28N4O2/c1-2-3-5-19(16-23-9-4-12-25-13-11-23)26-20-7-6-18(14-22-20)15-24-10-8-21-17-24/h2,6-8,10,14,17,19H,1,3-5,9,11-13,15-16H2. The third-order valence-electron chi connectivity index (χ3n) is 4.48. The van der Waals surface area contributed by atoms with Gasteiger partial charge in [-0.05, 0) is 24.8 Å². The molecule has 26 heavy (non-hydrogen) atoms. The Morgan fingerprint density at radius 2 is 2.27 bits per heavy atom. The lowest BCUT2D eigenvalue weighted by Gasteiger charge is -2.26. The van der Waals surface area contributed by atoms with Gasteiger partial charge in [-0.1, -0.05) is 12.1 Å². The van der Waals surface area contributed by atoms with E-state index in [9.17, 15) is 0 Å². The first-order valence-electron chi connectivity index (χ1n) is 9.32. The first-order valence-corrected chi connectivity index (χ1v) is 9.32. The zero-order valence-corrected chi connectivity index (χ0v) is 15.3. The molecular formula is C20H28N4O2. The predicted molar refractivity (Wildman–Crippen MR) is 101 cm³/mol. The van der Waals surface area contributed by atoms with E-state index in [1.54, 1.807) is 12.5 Å². The smallest absolute Gasteiger partial charge is 0.213 e. The molecule has 1 fully saturated rings. The van der Waals surface area contributed by atoms with Gasteiger partial charge in [0.2, 0.25) is 5.88 Å². The Morgan fingerprint density at radius 3 is 3.04 bits per heavy atom. The molecule has 0 amide bonds. The van der Waals surface area contributed by atoms with Gasteiger partial charge in [-0.3, -0.25) is 4.90 Å². The normalized spacial score (nSPS) is 16.8. The molecule has 0 radical (unpaired) electrons. The highest BCUT2D eigenvalue weighted by Crippen LogP contribution is 2.15. The van der Waals surface area contributed by atoms with Crippen LogP contribution in [0.5, 0.6) is 5.88 Å². The molecule has 0 bridgehead atoms. The molecule has 2 aromatic rings. The van der Waals surface area contributed by atoms with Crippen molar-refractivity contribution in [1.29, 1.82) is 0 Å². The molecule has 1 unspecified atom stereocenters. The Bertz CT molecular complexity index is 634. The van der Waals surface area contributed by atoms with Gasteiger partial charge in [0, 0.05) is 50.9 Å². The van der Waals surface area contributed by atoms with E-state index in [4.69, 9.17) is 9.47 Å². The summed E-state index contributed by atoms with van der Waals surface area (Å²) in [7, 11) is 0. The van der Waals surface area contributed by atoms with E-state index in [0.717, 1.165) is 64.2 Å². The van der Waals surface area contributed by atoms with Crippen molar-refractivity contribution in [2.24, 2.45) is 0 Å². The number of rotatable bonds is 9. The number of aromatic nitrogens is 3. The lowest BCUT2D eigenvalue weighted by Crippen LogP contribution is -2.37. The summed E-state index contributed by atoms with van der Waals surface area (Å²) in [6, 6.07) is 4.02. The minimum atomic E-state index is 0.109. The van der Waals surface area contributed by atoms with Crippen LogP contribution in [0.15, 0.2) is 49.7 Å². The quantitative estimate of drug-likeness (QED) is 0.647. The van der Waals surface area contributed by atoms with Crippen LogP contribution >= 0.6 is 0 Å². The molecule has 0 aliphatic carbocycles. The van der Waals surface area contributed by atoms with Gasteiger partial charge in [-0.15, -0.1) is 6.58 Å². The van der Waals surface area contributed by atoms with Gasteiger partial charge in [0.05, 0.1) is 19.5 Å². The summed E-state index contributed by atoms with van der Waals surface area (Å²) >= 11 is 0. The van der Waals surface area contributed by atoms with Crippen LogP contribution in [0.2, 0.25) is 0 Å². The Morgan fingerprint density at radius 1 is 1.31 bits per heavy atom. The largest absolute Gasteiger partial charge is 0.473 e. The molecule has 0 spiro atoms. The summed E-state index contributed by atoms with van der Waals surface area (Å²) in [4.78, 5) is 11.0. The molecule has 6 nitrogen and oxygen atoms in total. The van der Waals surface area contributed by atoms with Crippen LogP contribution in [0, 0.1) is 0 Å². The molecule has 140 valence electrons. The molecule has 2 aromatic heterocycles. The van der Waals surface area contributed by atoms with Gasteiger partial charge >= 0.3 is 0 Å². The van der Waals surface area contributed by atoms with Crippen LogP contribution in [0.25, 0.3) is 0 Å². The number of pyridine rings is 1. The third-order valence-corrected chi connectivity index (χ3v) is 4.48. The molecule has 0 aromatic carbocycles. The highest BCUT2D eigenvalue weighted by Gasteiger charge is 2.17. The van der Waals surface area contributed by atoms with Gasteiger partial charge < -0.3 is 14.0 Å². The second kappa shape index (κ2) is 10.1. The maximum atomic E-state index is 6.19. The Kier molecular flexibility index (Phi) is 7.22. The number of nitrogens with zero attached hydrogens (tertiary/aromatic N) is 4. The molecule has 3 rings (SSSR count). The van der Waals surface area contributed by atoms with Gasteiger partial charge in [0.25, 0.3) is 0 Å². The molecule has 1 aliphatic rings. The van der Waals surface area contributed by atoms with Crippen LogP contribution in [-0.2, 0) is 11.3 Å². The van der Waals surface area contributed by atoms with Gasteiger partial charge in [-0.25, -0.2) is 9.97 Å². The Balaban J connectivity index is 1.57. The molecule has 0 saturated carbocycles. The zero-order chi connectivity index (χ0) is 18.0. The zero-order valence-electron chi connectivity index (χ0n) is 15.3. The molecule has 1 aliphatic heterocycles. The highest BCUT2D eigenvalue weighted by molar-refractivity contribution is 5.18. The van der Waals surface area contributed by atoms with Crippen molar-refractivity contribution in [2.75, 3.05) is 32.8 Å². The lowest BCUT2D eigenvalue weighted by atomic mass is 10.1. The van der Waals surface area contributed by atoms with Crippen molar-refractivity contribution in [2.45, 2.75) is 31.9 Å².